The fraction of sp³-hybridized carbons (Fsp3) is 0.900. The van der Waals surface area contributed by atoms with E-state index in [1.807, 2.05) is 4.90 Å². The predicted octanol–water partition coefficient (Wildman–Crippen LogP) is 0.981. The van der Waals surface area contributed by atoms with Crippen molar-refractivity contribution in [3.63, 3.8) is 0 Å². The monoisotopic (exact) mass is 184 g/mol. The Balaban J connectivity index is 2.63. The molecule has 1 amide bonds. The van der Waals surface area contributed by atoms with Crippen LogP contribution in [0.15, 0.2) is 0 Å². The first kappa shape index (κ1) is 10.5. The van der Waals surface area contributed by atoms with Gasteiger partial charge in [0.1, 0.15) is 0 Å². The van der Waals surface area contributed by atoms with Crippen LogP contribution in [0.4, 0.5) is 0 Å². The van der Waals surface area contributed by atoms with Crippen LogP contribution < -0.4 is 5.73 Å². The maximum absolute atomic E-state index is 11.7. The molecule has 2 atom stereocenters. The van der Waals surface area contributed by atoms with Crippen molar-refractivity contribution < 1.29 is 4.79 Å². The van der Waals surface area contributed by atoms with Gasteiger partial charge in [-0.15, -0.1) is 0 Å². The average Bonchev–Trinajstić information content (AvgIpc) is 2.50. The zero-order valence-corrected chi connectivity index (χ0v) is 8.79. The average molecular weight is 184 g/mol. The quantitative estimate of drug-likeness (QED) is 0.695. The van der Waals surface area contributed by atoms with Crippen LogP contribution in [0.25, 0.3) is 0 Å². The number of likely N-dealkylation sites (tertiary alicyclic amines) is 1. The van der Waals surface area contributed by atoms with E-state index in [9.17, 15) is 4.79 Å². The first-order chi connectivity index (χ1) is 6.04. The molecule has 0 radical (unpaired) electrons. The molecule has 0 bridgehead atoms. The second kappa shape index (κ2) is 4.09. The molecule has 2 N–H and O–H groups in total. The molecule has 1 rings (SSSR count). The highest BCUT2D eigenvalue weighted by Crippen LogP contribution is 2.23. The molecule has 13 heavy (non-hydrogen) atoms. The molecule has 1 aliphatic rings. The lowest BCUT2D eigenvalue weighted by molar-refractivity contribution is -0.133. The summed E-state index contributed by atoms with van der Waals surface area (Å²) >= 11 is 0. The topological polar surface area (TPSA) is 46.3 Å². The molecule has 3 heteroatoms. The molecule has 0 spiro atoms. The number of nitrogens with two attached hydrogens (primary N) is 1. The van der Waals surface area contributed by atoms with E-state index in [0.717, 1.165) is 19.4 Å². The van der Waals surface area contributed by atoms with Gasteiger partial charge in [-0.1, -0.05) is 13.8 Å². The van der Waals surface area contributed by atoms with Crippen molar-refractivity contribution in [2.75, 3.05) is 6.54 Å². The third-order valence-electron chi connectivity index (χ3n) is 2.74. The molecular formula is C10H20N2O. The summed E-state index contributed by atoms with van der Waals surface area (Å²) in [6, 6.07) is 0.0675. The number of rotatable bonds is 2. The van der Waals surface area contributed by atoms with Crippen LogP contribution in [0.5, 0.6) is 0 Å². The Hall–Kier alpha value is -0.570. The van der Waals surface area contributed by atoms with Gasteiger partial charge in [-0.3, -0.25) is 4.79 Å². The van der Waals surface area contributed by atoms with Gasteiger partial charge in [-0.25, -0.2) is 0 Å². The van der Waals surface area contributed by atoms with Gasteiger partial charge in [0.2, 0.25) is 5.91 Å². The van der Waals surface area contributed by atoms with Gasteiger partial charge in [-0.2, -0.15) is 0 Å². The van der Waals surface area contributed by atoms with E-state index in [1.54, 1.807) is 6.92 Å². The van der Waals surface area contributed by atoms with Crippen LogP contribution in [0, 0.1) is 5.92 Å². The van der Waals surface area contributed by atoms with Crippen LogP contribution in [0.1, 0.15) is 33.6 Å². The summed E-state index contributed by atoms with van der Waals surface area (Å²) in [5, 5.41) is 0. The van der Waals surface area contributed by atoms with Crippen LogP contribution >= 0.6 is 0 Å². The summed E-state index contributed by atoms with van der Waals surface area (Å²) in [5.74, 6) is 0.654. The molecule has 3 nitrogen and oxygen atoms in total. The van der Waals surface area contributed by atoms with Crippen LogP contribution in [0.3, 0.4) is 0 Å². The highest BCUT2D eigenvalue weighted by molar-refractivity contribution is 5.81. The molecule has 1 saturated heterocycles. The zero-order valence-electron chi connectivity index (χ0n) is 8.79. The third kappa shape index (κ3) is 2.21. The molecule has 0 aromatic carbocycles. The van der Waals surface area contributed by atoms with Gasteiger partial charge in [0.25, 0.3) is 0 Å². The van der Waals surface area contributed by atoms with Crippen molar-refractivity contribution in [2.24, 2.45) is 11.7 Å². The number of hydrogen-bond donors (Lipinski definition) is 1. The number of hydrogen-bond acceptors (Lipinski definition) is 2. The highest BCUT2D eigenvalue weighted by Gasteiger charge is 2.31. The van der Waals surface area contributed by atoms with Crippen molar-refractivity contribution in [3.05, 3.63) is 0 Å². The molecule has 1 heterocycles. The van der Waals surface area contributed by atoms with Crippen molar-refractivity contribution in [2.45, 2.75) is 45.7 Å². The molecule has 0 aliphatic carbocycles. The molecule has 0 saturated carbocycles. The van der Waals surface area contributed by atoms with Gasteiger partial charge < -0.3 is 10.6 Å². The molecule has 1 unspecified atom stereocenters. The number of amides is 1. The minimum atomic E-state index is -0.348. The Bertz CT molecular complexity index is 189. The van der Waals surface area contributed by atoms with Crippen molar-refractivity contribution >= 4 is 5.91 Å². The normalized spacial score (nSPS) is 25.3. The molecule has 1 fully saturated rings. The van der Waals surface area contributed by atoms with Gasteiger partial charge in [0, 0.05) is 12.6 Å². The first-order valence-electron chi connectivity index (χ1n) is 5.10. The van der Waals surface area contributed by atoms with E-state index in [1.165, 1.54) is 0 Å². The molecule has 76 valence electrons. The first-order valence-corrected chi connectivity index (χ1v) is 5.10. The lowest BCUT2D eigenvalue weighted by Gasteiger charge is -2.28. The van der Waals surface area contributed by atoms with Gasteiger partial charge in [-0.05, 0) is 25.7 Å². The fourth-order valence-corrected chi connectivity index (χ4v) is 2.02. The van der Waals surface area contributed by atoms with E-state index < -0.39 is 0 Å². The van der Waals surface area contributed by atoms with E-state index in [0.29, 0.717) is 12.0 Å². The summed E-state index contributed by atoms with van der Waals surface area (Å²) in [4.78, 5) is 13.6. The van der Waals surface area contributed by atoms with E-state index in [4.69, 9.17) is 5.73 Å². The van der Waals surface area contributed by atoms with E-state index >= 15 is 0 Å². The van der Waals surface area contributed by atoms with Crippen LogP contribution in [0.2, 0.25) is 0 Å². The Kier molecular flexibility index (Phi) is 3.31. The molecule has 0 aromatic rings. The zero-order chi connectivity index (χ0) is 10.0. The number of carbonyl (C=O) groups is 1. The largest absolute Gasteiger partial charge is 0.338 e. The summed E-state index contributed by atoms with van der Waals surface area (Å²) < 4.78 is 0. The van der Waals surface area contributed by atoms with E-state index in [-0.39, 0.29) is 11.9 Å². The molecular weight excluding hydrogens is 164 g/mol. The van der Waals surface area contributed by atoms with Gasteiger partial charge >= 0.3 is 0 Å². The highest BCUT2D eigenvalue weighted by atomic mass is 16.2. The summed E-state index contributed by atoms with van der Waals surface area (Å²) in [7, 11) is 0. The second-order valence-corrected chi connectivity index (χ2v) is 4.27. The van der Waals surface area contributed by atoms with Gasteiger partial charge in [0.15, 0.2) is 0 Å². The second-order valence-electron chi connectivity index (χ2n) is 4.27. The summed E-state index contributed by atoms with van der Waals surface area (Å²) in [6.07, 6.45) is 2.26. The summed E-state index contributed by atoms with van der Waals surface area (Å²) in [6.45, 7) is 6.98. The van der Waals surface area contributed by atoms with Crippen molar-refractivity contribution in [1.29, 1.82) is 0 Å². The minimum absolute atomic E-state index is 0.108. The van der Waals surface area contributed by atoms with Crippen molar-refractivity contribution in [1.82, 2.24) is 4.90 Å². The van der Waals surface area contributed by atoms with Crippen LogP contribution in [-0.2, 0) is 4.79 Å². The summed E-state index contributed by atoms with van der Waals surface area (Å²) in [5.41, 5.74) is 5.59. The SMILES string of the molecule is CC(C)C1CCCN1C(=O)[C@H](C)N. The van der Waals surface area contributed by atoms with E-state index in [2.05, 4.69) is 13.8 Å². The van der Waals surface area contributed by atoms with Crippen molar-refractivity contribution in [3.8, 4) is 0 Å². The Morgan fingerprint density at radius 1 is 1.46 bits per heavy atom. The molecule has 0 aromatic heterocycles. The van der Waals surface area contributed by atoms with Gasteiger partial charge in [0.05, 0.1) is 6.04 Å². The number of nitrogens with zero attached hydrogens (tertiary/aromatic N) is 1. The third-order valence-corrected chi connectivity index (χ3v) is 2.74. The fourth-order valence-electron chi connectivity index (χ4n) is 2.02. The Morgan fingerprint density at radius 2 is 2.08 bits per heavy atom. The number of carbonyl (C=O) groups excluding carboxylic acids is 1. The minimum Gasteiger partial charge on any atom is -0.338 e. The standard InChI is InChI=1S/C10H20N2O/c1-7(2)9-5-4-6-12(9)10(13)8(3)11/h7-9H,4-6,11H2,1-3H3/t8-,9?/m0/s1. The maximum Gasteiger partial charge on any atom is 0.239 e. The lowest BCUT2D eigenvalue weighted by atomic mass is 10.0. The molecule has 1 aliphatic heterocycles. The predicted molar refractivity (Wildman–Crippen MR) is 53.2 cm³/mol. The lowest BCUT2D eigenvalue weighted by Crippen LogP contribution is -2.46. The van der Waals surface area contributed by atoms with Crippen LogP contribution in [-0.4, -0.2) is 29.4 Å². The Morgan fingerprint density at radius 3 is 2.54 bits per heavy atom. The maximum atomic E-state index is 11.7. The Labute approximate surface area is 80.3 Å². The smallest absolute Gasteiger partial charge is 0.239 e.